The van der Waals surface area contributed by atoms with Gasteiger partial charge in [0.2, 0.25) is 5.16 Å². The highest BCUT2D eigenvalue weighted by molar-refractivity contribution is 7.98. The zero-order valence-corrected chi connectivity index (χ0v) is 9.10. The fraction of sp³-hybridized carbons (Fsp3) is 0.429. The first kappa shape index (κ1) is 11.0. The summed E-state index contributed by atoms with van der Waals surface area (Å²) in [7, 11) is 1.68. The van der Waals surface area contributed by atoms with Crippen LogP contribution in [-0.4, -0.2) is 29.8 Å². The van der Waals surface area contributed by atoms with E-state index in [1.54, 1.807) is 7.05 Å². The molecule has 0 aliphatic carbocycles. The first-order valence-corrected chi connectivity index (χ1v) is 5.32. The van der Waals surface area contributed by atoms with Crippen molar-refractivity contribution in [2.24, 2.45) is 7.05 Å². The van der Waals surface area contributed by atoms with Gasteiger partial charge in [0, 0.05) is 19.4 Å². The topological polar surface area (TPSA) is 61.4 Å². The Kier molecular flexibility index (Phi) is 3.13. The number of aryl methyl sites for hydroxylation is 1. The van der Waals surface area contributed by atoms with Gasteiger partial charge in [0.25, 0.3) is 0 Å². The van der Waals surface area contributed by atoms with E-state index in [0.717, 1.165) is 4.57 Å². The third kappa shape index (κ3) is 2.18. The van der Waals surface area contributed by atoms with Crippen LogP contribution in [0.2, 0.25) is 0 Å². The number of rotatable bonds is 4. The average Bonchev–Trinajstić information content (AvgIpc) is 2.83. The zero-order valence-electron chi connectivity index (χ0n) is 8.29. The number of halogens is 2. The van der Waals surface area contributed by atoms with Crippen LogP contribution in [0.25, 0.3) is 0 Å². The molecule has 0 aromatic carbocycles. The molecular formula is C7H8F2N6S. The molecule has 0 spiro atoms. The first-order chi connectivity index (χ1) is 7.68. The maximum absolute atomic E-state index is 12.5. The van der Waals surface area contributed by atoms with Gasteiger partial charge < -0.3 is 0 Å². The van der Waals surface area contributed by atoms with Crippen LogP contribution in [0, 0.1) is 0 Å². The van der Waals surface area contributed by atoms with Crippen LogP contribution in [0.4, 0.5) is 8.78 Å². The Morgan fingerprint density at radius 3 is 2.94 bits per heavy atom. The summed E-state index contributed by atoms with van der Waals surface area (Å²) in [5.41, 5.74) is 0. The molecule has 2 aromatic heterocycles. The van der Waals surface area contributed by atoms with E-state index in [1.165, 1.54) is 28.8 Å². The van der Waals surface area contributed by atoms with Gasteiger partial charge in [-0.1, -0.05) is 11.8 Å². The van der Waals surface area contributed by atoms with E-state index in [0.29, 0.717) is 16.7 Å². The maximum Gasteiger partial charge on any atom is 0.319 e. The summed E-state index contributed by atoms with van der Waals surface area (Å²) < 4.78 is 27.2. The van der Waals surface area contributed by atoms with E-state index in [-0.39, 0.29) is 0 Å². The minimum Gasteiger partial charge on any atom is -0.277 e. The fourth-order valence-corrected chi connectivity index (χ4v) is 1.91. The van der Waals surface area contributed by atoms with Crippen LogP contribution in [0.3, 0.4) is 0 Å². The largest absolute Gasteiger partial charge is 0.319 e. The molecule has 16 heavy (non-hydrogen) atoms. The van der Waals surface area contributed by atoms with Gasteiger partial charge >= 0.3 is 6.55 Å². The van der Waals surface area contributed by atoms with Crippen LogP contribution >= 0.6 is 11.8 Å². The van der Waals surface area contributed by atoms with Gasteiger partial charge in [-0.25, -0.2) is 9.67 Å². The maximum atomic E-state index is 12.5. The van der Waals surface area contributed by atoms with Crippen molar-refractivity contribution < 1.29 is 8.78 Å². The molecule has 2 heterocycles. The first-order valence-electron chi connectivity index (χ1n) is 4.33. The van der Waals surface area contributed by atoms with Crippen LogP contribution in [0.15, 0.2) is 17.6 Å². The van der Waals surface area contributed by atoms with Crippen molar-refractivity contribution in [2.75, 3.05) is 0 Å². The molecule has 86 valence electrons. The van der Waals surface area contributed by atoms with E-state index in [9.17, 15) is 8.78 Å². The second kappa shape index (κ2) is 4.56. The Hall–Kier alpha value is -1.51. The van der Waals surface area contributed by atoms with Gasteiger partial charge in [-0.3, -0.25) is 4.57 Å². The van der Waals surface area contributed by atoms with Crippen molar-refractivity contribution in [1.82, 2.24) is 29.8 Å². The second-order valence-electron chi connectivity index (χ2n) is 2.90. The number of hydrogen-bond acceptors (Lipinski definition) is 5. The van der Waals surface area contributed by atoms with E-state index in [1.807, 2.05) is 0 Å². The minimum absolute atomic E-state index is 0.294. The summed E-state index contributed by atoms with van der Waals surface area (Å²) in [6, 6.07) is 0. The van der Waals surface area contributed by atoms with Crippen molar-refractivity contribution in [2.45, 2.75) is 17.5 Å². The molecule has 0 amide bonds. The standard InChI is InChI=1S/C7H8F2N6S/c1-14-7(11-12-13-14)16-4-5-10-2-3-15(5)6(8)9/h2-3,6H,4H2,1H3. The molecule has 6 nitrogen and oxygen atoms in total. The highest BCUT2D eigenvalue weighted by Crippen LogP contribution is 2.21. The summed E-state index contributed by atoms with van der Waals surface area (Å²) in [5, 5.41) is 11.4. The Morgan fingerprint density at radius 1 is 1.50 bits per heavy atom. The summed E-state index contributed by atoms with van der Waals surface area (Å²) in [4.78, 5) is 3.85. The lowest BCUT2D eigenvalue weighted by molar-refractivity contribution is 0.0678. The lowest BCUT2D eigenvalue weighted by Gasteiger charge is -2.04. The van der Waals surface area contributed by atoms with Gasteiger partial charge in [0.05, 0.1) is 5.75 Å². The summed E-state index contributed by atoms with van der Waals surface area (Å²) in [6.45, 7) is -2.57. The molecule has 2 aromatic rings. The quantitative estimate of drug-likeness (QED) is 0.756. The Labute approximate surface area is 93.7 Å². The lowest BCUT2D eigenvalue weighted by atomic mass is 10.7. The number of tetrazole rings is 1. The summed E-state index contributed by atoms with van der Waals surface area (Å²) >= 11 is 1.25. The van der Waals surface area contributed by atoms with Gasteiger partial charge in [-0.15, -0.1) is 5.10 Å². The zero-order chi connectivity index (χ0) is 11.5. The number of nitrogens with zero attached hydrogens (tertiary/aromatic N) is 6. The predicted molar refractivity (Wildman–Crippen MR) is 51.8 cm³/mol. The SMILES string of the molecule is Cn1nnnc1SCc1nccn1C(F)F. The van der Waals surface area contributed by atoms with Crippen LogP contribution in [0.5, 0.6) is 0 Å². The molecule has 0 saturated carbocycles. The molecule has 0 fully saturated rings. The Balaban J connectivity index is 2.05. The van der Waals surface area contributed by atoms with Crippen LogP contribution in [-0.2, 0) is 12.8 Å². The molecular weight excluding hydrogens is 238 g/mol. The highest BCUT2D eigenvalue weighted by atomic mass is 32.2. The third-order valence-electron chi connectivity index (χ3n) is 1.87. The number of hydrogen-bond donors (Lipinski definition) is 0. The molecule has 9 heteroatoms. The van der Waals surface area contributed by atoms with E-state index in [2.05, 4.69) is 20.5 Å². The van der Waals surface area contributed by atoms with Crippen molar-refractivity contribution >= 4 is 11.8 Å². The molecule has 0 radical (unpaired) electrons. The highest BCUT2D eigenvalue weighted by Gasteiger charge is 2.12. The molecule has 2 rings (SSSR count). The molecule has 0 unspecified atom stereocenters. The average molecular weight is 246 g/mol. The minimum atomic E-state index is -2.57. The molecule has 0 aliphatic heterocycles. The molecule has 0 bridgehead atoms. The normalized spacial score (nSPS) is 11.2. The number of alkyl halides is 2. The summed E-state index contributed by atoms with van der Waals surface area (Å²) in [6.07, 6.45) is 2.59. The summed E-state index contributed by atoms with van der Waals surface area (Å²) in [5.74, 6) is 0.592. The predicted octanol–water partition coefficient (Wildman–Crippen LogP) is 1.09. The molecule has 0 atom stereocenters. The monoisotopic (exact) mass is 246 g/mol. The molecule has 0 N–H and O–H groups in total. The van der Waals surface area contributed by atoms with Crippen LogP contribution < -0.4 is 0 Å². The van der Waals surface area contributed by atoms with Crippen molar-refractivity contribution in [3.05, 3.63) is 18.2 Å². The van der Waals surface area contributed by atoms with Crippen molar-refractivity contribution in [1.29, 1.82) is 0 Å². The molecule has 0 aliphatic rings. The number of aromatic nitrogens is 6. The van der Waals surface area contributed by atoms with E-state index >= 15 is 0 Å². The van der Waals surface area contributed by atoms with Gasteiger partial charge in [0.15, 0.2) is 0 Å². The van der Waals surface area contributed by atoms with Gasteiger partial charge in [0.1, 0.15) is 5.82 Å². The Bertz CT molecular complexity index is 467. The third-order valence-corrected chi connectivity index (χ3v) is 2.88. The number of thioether (sulfide) groups is 1. The lowest BCUT2D eigenvalue weighted by Crippen LogP contribution is -2.02. The second-order valence-corrected chi connectivity index (χ2v) is 3.84. The van der Waals surface area contributed by atoms with Gasteiger partial charge in [-0.2, -0.15) is 8.78 Å². The van der Waals surface area contributed by atoms with Crippen molar-refractivity contribution in [3.8, 4) is 0 Å². The number of imidazole rings is 1. The van der Waals surface area contributed by atoms with Gasteiger partial charge in [-0.05, 0) is 10.4 Å². The molecule has 0 saturated heterocycles. The van der Waals surface area contributed by atoms with E-state index < -0.39 is 6.55 Å². The van der Waals surface area contributed by atoms with E-state index in [4.69, 9.17) is 0 Å². The fourth-order valence-electron chi connectivity index (χ4n) is 1.11. The Morgan fingerprint density at radius 2 is 2.31 bits per heavy atom. The van der Waals surface area contributed by atoms with Crippen LogP contribution in [0.1, 0.15) is 12.4 Å². The van der Waals surface area contributed by atoms with Crippen molar-refractivity contribution in [3.63, 3.8) is 0 Å². The smallest absolute Gasteiger partial charge is 0.277 e.